The number of benzene rings is 2. The average Bonchev–Trinajstić information content (AvgIpc) is 3.02. The van der Waals surface area contributed by atoms with Gasteiger partial charge in [0.15, 0.2) is 0 Å². The van der Waals surface area contributed by atoms with Crippen LogP contribution < -0.4 is 9.04 Å². The van der Waals surface area contributed by atoms with Crippen molar-refractivity contribution >= 4 is 49.6 Å². The first kappa shape index (κ1) is 16.9. The molecule has 2 heterocycles. The van der Waals surface area contributed by atoms with Gasteiger partial charge in [-0.25, -0.2) is 8.42 Å². The topological polar surface area (TPSA) is 46.6 Å². The number of fused-ring (bicyclic) bond motifs is 3. The van der Waals surface area contributed by atoms with Gasteiger partial charge in [0.05, 0.1) is 32.0 Å². The molecule has 1 aromatic heterocycles. The van der Waals surface area contributed by atoms with Crippen LogP contribution in [0.25, 0.3) is 10.4 Å². The van der Waals surface area contributed by atoms with Gasteiger partial charge < -0.3 is 4.74 Å². The smallest absolute Gasteiger partial charge is 0.264 e. The number of ether oxygens (including phenoxy) is 1. The predicted octanol–water partition coefficient (Wildman–Crippen LogP) is 4.74. The summed E-state index contributed by atoms with van der Waals surface area (Å²) in [5.41, 5.74) is 2.89. The molecule has 0 unspecified atom stereocenters. The fourth-order valence-electron chi connectivity index (χ4n) is 2.94. The minimum Gasteiger partial charge on any atom is -0.497 e. The Labute approximate surface area is 164 Å². The van der Waals surface area contributed by atoms with Gasteiger partial charge in [0.25, 0.3) is 10.0 Å². The molecule has 0 saturated carbocycles. The van der Waals surface area contributed by atoms with E-state index in [0.29, 0.717) is 12.3 Å². The third kappa shape index (κ3) is 2.84. The summed E-state index contributed by atoms with van der Waals surface area (Å²) < 4.78 is 34.2. The lowest BCUT2D eigenvalue weighted by molar-refractivity contribution is 0.414. The van der Waals surface area contributed by atoms with E-state index in [1.807, 2.05) is 24.3 Å². The van der Waals surface area contributed by atoms with Gasteiger partial charge in [0, 0.05) is 0 Å². The number of anilines is 1. The van der Waals surface area contributed by atoms with Crippen LogP contribution in [0.1, 0.15) is 5.56 Å². The third-order valence-electron chi connectivity index (χ3n) is 4.17. The molecule has 4 rings (SSSR count). The summed E-state index contributed by atoms with van der Waals surface area (Å²) in [6.07, 6.45) is 0. The first-order chi connectivity index (χ1) is 12.0. The summed E-state index contributed by atoms with van der Waals surface area (Å²) in [6, 6.07) is 16.4. The summed E-state index contributed by atoms with van der Waals surface area (Å²) in [6.45, 7) is 0.338. The highest BCUT2D eigenvalue weighted by Crippen LogP contribution is 2.46. The number of nitrogens with zero attached hydrogens (tertiary/aromatic N) is 1. The number of hydrogen-bond acceptors (Lipinski definition) is 4. The summed E-state index contributed by atoms with van der Waals surface area (Å²) in [5, 5.41) is 0. The molecule has 0 bridgehead atoms. The molecule has 0 saturated heterocycles. The molecule has 25 heavy (non-hydrogen) atoms. The molecule has 2 aromatic carbocycles. The van der Waals surface area contributed by atoms with E-state index in [9.17, 15) is 8.42 Å². The zero-order valence-corrected chi connectivity index (χ0v) is 17.1. The van der Waals surface area contributed by atoms with Crippen molar-refractivity contribution in [3.8, 4) is 16.2 Å². The third-order valence-corrected chi connectivity index (χ3v) is 7.87. The molecule has 0 amide bonds. The Bertz CT molecular complexity index is 1040. The Morgan fingerprint density at radius 1 is 1.12 bits per heavy atom. The molecule has 0 atom stereocenters. The molecule has 1 aliphatic heterocycles. The van der Waals surface area contributed by atoms with Gasteiger partial charge in [-0.1, -0.05) is 24.3 Å². The molecular formula is C18H14INO3S2. The highest BCUT2D eigenvalue weighted by atomic mass is 127. The van der Waals surface area contributed by atoms with Crippen LogP contribution in [0.3, 0.4) is 0 Å². The van der Waals surface area contributed by atoms with Crippen molar-refractivity contribution in [3.05, 3.63) is 63.0 Å². The fraction of sp³-hybridized carbons (Fsp3) is 0.111. The van der Waals surface area contributed by atoms with Gasteiger partial charge >= 0.3 is 0 Å². The summed E-state index contributed by atoms with van der Waals surface area (Å²) in [7, 11) is -2.09. The van der Waals surface area contributed by atoms with Gasteiger partial charge in [-0.05, 0) is 64.0 Å². The highest BCUT2D eigenvalue weighted by molar-refractivity contribution is 14.1. The Morgan fingerprint density at radius 2 is 1.84 bits per heavy atom. The monoisotopic (exact) mass is 483 g/mol. The SMILES string of the molecule is COc1ccc(S(=O)(=O)N2Cc3ccccc3-c3sc(I)cc32)cc1. The lowest BCUT2D eigenvalue weighted by atomic mass is 10.0. The van der Waals surface area contributed by atoms with Crippen molar-refractivity contribution in [2.24, 2.45) is 0 Å². The van der Waals surface area contributed by atoms with E-state index >= 15 is 0 Å². The second kappa shape index (κ2) is 6.30. The van der Waals surface area contributed by atoms with Crippen LogP contribution in [-0.2, 0) is 16.6 Å². The van der Waals surface area contributed by atoms with Crippen molar-refractivity contribution in [3.63, 3.8) is 0 Å². The Hall–Kier alpha value is -1.58. The zero-order valence-electron chi connectivity index (χ0n) is 13.3. The Morgan fingerprint density at radius 3 is 2.56 bits per heavy atom. The van der Waals surface area contributed by atoms with Crippen LogP contribution >= 0.6 is 33.9 Å². The van der Waals surface area contributed by atoms with Crippen LogP contribution in [0.15, 0.2) is 59.5 Å². The maximum absolute atomic E-state index is 13.3. The minimum absolute atomic E-state index is 0.264. The van der Waals surface area contributed by atoms with E-state index in [0.717, 1.165) is 24.6 Å². The number of sulfonamides is 1. The minimum atomic E-state index is -3.65. The van der Waals surface area contributed by atoms with E-state index in [4.69, 9.17) is 4.74 Å². The molecular weight excluding hydrogens is 469 g/mol. The number of hydrogen-bond donors (Lipinski definition) is 0. The summed E-state index contributed by atoms with van der Waals surface area (Å²) in [4.78, 5) is 1.27. The molecule has 7 heteroatoms. The number of halogens is 1. The molecule has 0 fully saturated rings. The molecule has 3 aromatic rings. The average molecular weight is 483 g/mol. The maximum Gasteiger partial charge on any atom is 0.264 e. The van der Waals surface area contributed by atoms with E-state index < -0.39 is 10.0 Å². The largest absolute Gasteiger partial charge is 0.497 e. The molecule has 0 radical (unpaired) electrons. The standard InChI is InChI=1S/C18H14INO3S2/c1-23-13-6-8-14(9-7-13)25(21,22)20-11-12-4-2-3-5-15(12)18-16(20)10-17(19)24-18/h2-10H,11H2,1H3. The number of methoxy groups -OCH3 is 1. The molecule has 0 aliphatic carbocycles. The zero-order chi connectivity index (χ0) is 17.6. The quantitative estimate of drug-likeness (QED) is 0.506. The van der Waals surface area contributed by atoms with E-state index in [1.165, 1.54) is 4.31 Å². The Balaban J connectivity index is 1.85. The normalized spacial score (nSPS) is 13.3. The fourth-order valence-corrected chi connectivity index (χ4v) is 6.35. The van der Waals surface area contributed by atoms with Crippen molar-refractivity contribution < 1.29 is 13.2 Å². The lowest BCUT2D eigenvalue weighted by Crippen LogP contribution is -2.32. The van der Waals surface area contributed by atoms with E-state index in [2.05, 4.69) is 28.7 Å². The van der Waals surface area contributed by atoms with Crippen LogP contribution in [0.2, 0.25) is 0 Å². The van der Waals surface area contributed by atoms with Crippen molar-refractivity contribution in [1.82, 2.24) is 0 Å². The molecule has 0 N–H and O–H groups in total. The van der Waals surface area contributed by atoms with Crippen LogP contribution in [0, 0.1) is 2.88 Å². The second-order valence-electron chi connectivity index (χ2n) is 5.61. The van der Waals surface area contributed by atoms with Crippen LogP contribution in [0.4, 0.5) is 5.69 Å². The first-order valence-corrected chi connectivity index (χ1v) is 10.9. The van der Waals surface area contributed by atoms with Crippen molar-refractivity contribution in [2.45, 2.75) is 11.4 Å². The molecule has 0 spiro atoms. The van der Waals surface area contributed by atoms with Crippen LogP contribution in [0.5, 0.6) is 5.75 Å². The predicted molar refractivity (Wildman–Crippen MR) is 109 cm³/mol. The van der Waals surface area contributed by atoms with E-state index in [1.54, 1.807) is 42.7 Å². The van der Waals surface area contributed by atoms with Gasteiger partial charge in [-0.2, -0.15) is 0 Å². The van der Waals surface area contributed by atoms with Crippen molar-refractivity contribution in [1.29, 1.82) is 0 Å². The van der Waals surface area contributed by atoms with Gasteiger partial charge in [-0.15, -0.1) is 11.3 Å². The lowest BCUT2D eigenvalue weighted by Gasteiger charge is -2.29. The van der Waals surface area contributed by atoms with Gasteiger partial charge in [-0.3, -0.25) is 4.31 Å². The number of rotatable bonds is 3. The maximum atomic E-state index is 13.3. The number of thiophene rings is 1. The highest BCUT2D eigenvalue weighted by Gasteiger charge is 2.33. The van der Waals surface area contributed by atoms with Gasteiger partial charge in [0.2, 0.25) is 0 Å². The summed E-state index contributed by atoms with van der Waals surface area (Å²) in [5.74, 6) is 0.633. The molecule has 4 nitrogen and oxygen atoms in total. The summed E-state index contributed by atoms with van der Waals surface area (Å²) >= 11 is 3.86. The van der Waals surface area contributed by atoms with Crippen molar-refractivity contribution in [2.75, 3.05) is 11.4 Å². The molecule has 1 aliphatic rings. The van der Waals surface area contributed by atoms with Gasteiger partial charge in [0.1, 0.15) is 5.75 Å². The first-order valence-electron chi connectivity index (χ1n) is 7.55. The molecule has 128 valence electrons. The Kier molecular flexibility index (Phi) is 4.25. The second-order valence-corrected chi connectivity index (χ2v) is 10.4. The van der Waals surface area contributed by atoms with Crippen LogP contribution in [-0.4, -0.2) is 15.5 Å². The van der Waals surface area contributed by atoms with E-state index in [-0.39, 0.29) is 4.90 Å².